The fraction of sp³-hybridized carbons (Fsp3) is 0.562. The molecule has 22 heavy (non-hydrogen) atoms. The van der Waals surface area contributed by atoms with E-state index in [0.29, 0.717) is 0 Å². The molecule has 1 aromatic rings. The van der Waals surface area contributed by atoms with Crippen LogP contribution in [0.1, 0.15) is 12.0 Å². The van der Waals surface area contributed by atoms with Crippen LogP contribution in [0, 0.1) is 0 Å². The average molecular weight is 358 g/mol. The molecule has 0 aliphatic carbocycles. The normalized spacial score (nSPS) is 15.8. The smallest absolute Gasteiger partial charge is 0.169 e. The monoisotopic (exact) mass is 357 g/mol. The van der Waals surface area contributed by atoms with Gasteiger partial charge in [-0.25, -0.2) is 0 Å². The van der Waals surface area contributed by atoms with Gasteiger partial charge in [-0.15, -0.1) is 0 Å². The minimum atomic E-state index is 0.798. The lowest BCUT2D eigenvalue weighted by Gasteiger charge is -2.36. The molecular weight excluding hydrogens is 334 g/mol. The highest BCUT2D eigenvalue weighted by atomic mass is 35.5. The first-order chi connectivity index (χ1) is 10.7. The summed E-state index contributed by atoms with van der Waals surface area (Å²) in [4.78, 5) is 4.75. The van der Waals surface area contributed by atoms with Gasteiger partial charge in [0.2, 0.25) is 0 Å². The number of hydrogen-bond acceptors (Lipinski definition) is 3. The zero-order valence-corrected chi connectivity index (χ0v) is 15.4. The Morgan fingerprint density at radius 3 is 2.55 bits per heavy atom. The van der Waals surface area contributed by atoms with Gasteiger partial charge in [0.25, 0.3) is 0 Å². The molecule has 0 bridgehead atoms. The van der Waals surface area contributed by atoms with Gasteiger partial charge in [0.05, 0.1) is 0 Å². The third-order valence-electron chi connectivity index (χ3n) is 3.78. The molecule has 1 saturated heterocycles. The van der Waals surface area contributed by atoms with Gasteiger partial charge in [0.15, 0.2) is 5.11 Å². The first kappa shape index (κ1) is 17.9. The van der Waals surface area contributed by atoms with Crippen molar-refractivity contribution in [3.63, 3.8) is 0 Å². The van der Waals surface area contributed by atoms with Gasteiger partial charge in [-0.2, -0.15) is 11.8 Å². The third-order valence-corrected chi connectivity index (χ3v) is 5.13. The lowest BCUT2D eigenvalue weighted by atomic mass is 10.2. The molecule has 1 heterocycles. The quantitative estimate of drug-likeness (QED) is 0.621. The van der Waals surface area contributed by atoms with E-state index in [1.807, 2.05) is 23.9 Å². The molecular formula is C16H24ClN3S2. The molecule has 0 radical (unpaired) electrons. The van der Waals surface area contributed by atoms with Crippen LogP contribution in [0.3, 0.4) is 0 Å². The van der Waals surface area contributed by atoms with Crippen LogP contribution in [0.2, 0.25) is 5.02 Å². The Labute approximate surface area is 148 Å². The molecule has 6 heteroatoms. The molecule has 0 saturated carbocycles. The molecule has 122 valence electrons. The minimum Gasteiger partial charge on any atom is -0.363 e. The van der Waals surface area contributed by atoms with E-state index in [1.165, 1.54) is 11.3 Å². The molecule has 0 atom stereocenters. The second-order valence-electron chi connectivity index (χ2n) is 5.47. The standard InChI is InChI=1S/C16H24ClN3S2/c1-22-12-2-7-18-16(21)20-10-8-19(9-11-20)13-14-3-5-15(17)6-4-14/h3-6H,2,7-13H2,1H3,(H,18,21). The molecule has 2 rings (SSSR count). The number of nitrogens with zero attached hydrogens (tertiary/aromatic N) is 2. The van der Waals surface area contributed by atoms with E-state index in [9.17, 15) is 0 Å². The molecule has 1 N–H and O–H groups in total. The zero-order valence-electron chi connectivity index (χ0n) is 13.1. The number of thioether (sulfide) groups is 1. The summed E-state index contributed by atoms with van der Waals surface area (Å²) >= 11 is 13.3. The Bertz CT molecular complexity index is 459. The van der Waals surface area contributed by atoms with Gasteiger partial charge < -0.3 is 10.2 Å². The number of piperazine rings is 1. The highest BCUT2D eigenvalue weighted by Crippen LogP contribution is 2.13. The lowest BCUT2D eigenvalue weighted by Crippen LogP contribution is -2.51. The first-order valence-corrected chi connectivity index (χ1v) is 9.85. The van der Waals surface area contributed by atoms with Crippen molar-refractivity contribution in [2.75, 3.05) is 44.7 Å². The van der Waals surface area contributed by atoms with Gasteiger partial charge in [0.1, 0.15) is 0 Å². The topological polar surface area (TPSA) is 18.5 Å². The Balaban J connectivity index is 1.68. The van der Waals surface area contributed by atoms with E-state index >= 15 is 0 Å². The van der Waals surface area contributed by atoms with Crippen molar-refractivity contribution in [2.45, 2.75) is 13.0 Å². The molecule has 0 spiro atoms. The molecule has 1 fully saturated rings. The number of hydrogen-bond donors (Lipinski definition) is 1. The van der Waals surface area contributed by atoms with E-state index < -0.39 is 0 Å². The Kier molecular flexibility index (Phi) is 7.80. The van der Waals surface area contributed by atoms with Crippen LogP contribution in [-0.4, -0.2) is 59.6 Å². The van der Waals surface area contributed by atoms with Crippen molar-refractivity contribution in [2.24, 2.45) is 0 Å². The Morgan fingerprint density at radius 2 is 1.91 bits per heavy atom. The van der Waals surface area contributed by atoms with E-state index in [0.717, 1.165) is 55.8 Å². The summed E-state index contributed by atoms with van der Waals surface area (Å²) in [5.74, 6) is 1.19. The summed E-state index contributed by atoms with van der Waals surface area (Å²) in [6.07, 6.45) is 3.30. The van der Waals surface area contributed by atoms with Crippen molar-refractivity contribution < 1.29 is 0 Å². The number of thiocarbonyl (C=S) groups is 1. The molecule has 0 unspecified atom stereocenters. The number of nitrogens with one attached hydrogen (secondary N) is 1. The summed E-state index contributed by atoms with van der Waals surface area (Å²) in [5.41, 5.74) is 1.32. The van der Waals surface area contributed by atoms with Crippen LogP contribution < -0.4 is 5.32 Å². The number of halogens is 1. The maximum Gasteiger partial charge on any atom is 0.169 e. The van der Waals surface area contributed by atoms with Crippen LogP contribution in [-0.2, 0) is 6.54 Å². The van der Waals surface area contributed by atoms with Gasteiger partial charge in [0, 0.05) is 44.3 Å². The zero-order chi connectivity index (χ0) is 15.8. The van der Waals surface area contributed by atoms with E-state index in [4.69, 9.17) is 23.8 Å². The molecule has 0 amide bonds. The number of benzene rings is 1. The predicted octanol–water partition coefficient (Wildman–Crippen LogP) is 3.09. The van der Waals surface area contributed by atoms with Crippen molar-refractivity contribution in [1.82, 2.24) is 15.1 Å². The molecule has 1 aliphatic heterocycles. The maximum atomic E-state index is 5.93. The van der Waals surface area contributed by atoms with Crippen LogP contribution in [0.4, 0.5) is 0 Å². The van der Waals surface area contributed by atoms with Crippen LogP contribution in [0.25, 0.3) is 0 Å². The second-order valence-corrected chi connectivity index (χ2v) is 7.28. The summed E-state index contributed by atoms with van der Waals surface area (Å²) < 4.78 is 0. The Hall–Kier alpha value is -0.490. The third kappa shape index (κ3) is 5.95. The highest BCUT2D eigenvalue weighted by molar-refractivity contribution is 7.98. The van der Waals surface area contributed by atoms with Crippen molar-refractivity contribution in [3.8, 4) is 0 Å². The fourth-order valence-corrected chi connectivity index (χ4v) is 3.32. The first-order valence-electron chi connectivity index (χ1n) is 7.67. The summed E-state index contributed by atoms with van der Waals surface area (Å²) in [7, 11) is 0. The van der Waals surface area contributed by atoms with E-state index in [2.05, 4.69) is 33.5 Å². The van der Waals surface area contributed by atoms with E-state index in [1.54, 1.807) is 0 Å². The van der Waals surface area contributed by atoms with Gasteiger partial charge in [-0.1, -0.05) is 23.7 Å². The lowest BCUT2D eigenvalue weighted by molar-refractivity contribution is 0.174. The summed E-state index contributed by atoms with van der Waals surface area (Å²) in [5, 5.41) is 5.08. The molecule has 0 aromatic heterocycles. The van der Waals surface area contributed by atoms with Gasteiger partial charge in [-0.3, -0.25) is 4.90 Å². The summed E-state index contributed by atoms with van der Waals surface area (Å²) in [6.45, 7) is 6.07. The van der Waals surface area contributed by atoms with Gasteiger partial charge >= 0.3 is 0 Å². The largest absolute Gasteiger partial charge is 0.363 e. The maximum absolute atomic E-state index is 5.93. The second kappa shape index (κ2) is 9.60. The van der Waals surface area contributed by atoms with Crippen LogP contribution >= 0.6 is 35.6 Å². The fourth-order valence-electron chi connectivity index (χ4n) is 2.48. The van der Waals surface area contributed by atoms with Gasteiger partial charge in [-0.05, 0) is 48.3 Å². The SMILES string of the molecule is CSCCCNC(=S)N1CCN(Cc2ccc(Cl)cc2)CC1. The Morgan fingerprint density at radius 1 is 1.23 bits per heavy atom. The summed E-state index contributed by atoms with van der Waals surface area (Å²) in [6, 6.07) is 8.13. The predicted molar refractivity (Wildman–Crippen MR) is 102 cm³/mol. The van der Waals surface area contributed by atoms with Crippen molar-refractivity contribution in [1.29, 1.82) is 0 Å². The molecule has 3 nitrogen and oxygen atoms in total. The van der Waals surface area contributed by atoms with Crippen molar-refractivity contribution in [3.05, 3.63) is 34.9 Å². The molecule has 1 aromatic carbocycles. The van der Waals surface area contributed by atoms with Crippen molar-refractivity contribution >= 4 is 40.7 Å². The minimum absolute atomic E-state index is 0.798. The van der Waals surface area contributed by atoms with Crippen LogP contribution in [0.5, 0.6) is 0 Å². The number of rotatable bonds is 6. The van der Waals surface area contributed by atoms with Crippen LogP contribution in [0.15, 0.2) is 24.3 Å². The molecule has 1 aliphatic rings. The van der Waals surface area contributed by atoms with E-state index in [-0.39, 0.29) is 0 Å². The average Bonchev–Trinajstić information content (AvgIpc) is 2.54. The highest BCUT2D eigenvalue weighted by Gasteiger charge is 2.18.